The Labute approximate surface area is 103 Å². The molecular formula is C11H13N5O2. The maximum Gasteiger partial charge on any atom is 0.234 e. The zero-order chi connectivity index (χ0) is 12.7. The van der Waals surface area contributed by atoms with Gasteiger partial charge >= 0.3 is 0 Å². The summed E-state index contributed by atoms with van der Waals surface area (Å²) < 4.78 is 0. The van der Waals surface area contributed by atoms with Crippen molar-refractivity contribution in [1.82, 2.24) is 25.5 Å². The molecule has 1 aliphatic carbocycles. The number of tetrazole rings is 1. The lowest BCUT2D eigenvalue weighted by Crippen LogP contribution is -2.34. The highest BCUT2D eigenvalue weighted by molar-refractivity contribution is 6.05. The first-order valence-electron chi connectivity index (χ1n) is 5.95. The summed E-state index contributed by atoms with van der Waals surface area (Å²) >= 11 is 0. The lowest BCUT2D eigenvalue weighted by molar-refractivity contribution is -0.142. The molecule has 7 heteroatoms. The maximum absolute atomic E-state index is 12.3. The molecule has 18 heavy (non-hydrogen) atoms. The summed E-state index contributed by atoms with van der Waals surface area (Å²) in [6.45, 7) is 1.74. The van der Waals surface area contributed by atoms with Crippen LogP contribution in [0.5, 0.6) is 0 Å². The normalized spacial score (nSPS) is 28.6. The van der Waals surface area contributed by atoms with Crippen molar-refractivity contribution < 1.29 is 9.59 Å². The number of hydrogen-bond acceptors (Lipinski definition) is 5. The van der Waals surface area contributed by atoms with E-state index in [1.54, 1.807) is 6.92 Å². The number of rotatable bonds is 2. The van der Waals surface area contributed by atoms with Crippen molar-refractivity contribution in [3.63, 3.8) is 0 Å². The first-order chi connectivity index (χ1) is 8.70. The second kappa shape index (κ2) is 4.01. The summed E-state index contributed by atoms with van der Waals surface area (Å²) in [6.07, 6.45) is 5.22. The van der Waals surface area contributed by atoms with Crippen LogP contribution in [0.3, 0.4) is 0 Å². The quantitative estimate of drug-likeness (QED) is 0.596. The molecule has 0 saturated carbocycles. The Balaban J connectivity index is 1.90. The molecule has 3 atom stereocenters. The van der Waals surface area contributed by atoms with Gasteiger partial charge in [-0.3, -0.25) is 14.5 Å². The number of aromatic nitrogens is 4. The van der Waals surface area contributed by atoms with E-state index in [2.05, 4.69) is 20.6 Å². The highest BCUT2D eigenvalue weighted by Gasteiger charge is 2.49. The molecule has 1 saturated heterocycles. The SMILES string of the molecule is CC(c1nn[nH]n1)N1C(=O)[C@H]2CC=CC[C@H]2C1=O. The van der Waals surface area contributed by atoms with E-state index in [0.717, 1.165) is 0 Å². The van der Waals surface area contributed by atoms with Crippen molar-refractivity contribution >= 4 is 11.8 Å². The fourth-order valence-corrected chi connectivity index (χ4v) is 2.67. The minimum absolute atomic E-state index is 0.119. The van der Waals surface area contributed by atoms with E-state index in [4.69, 9.17) is 0 Å². The van der Waals surface area contributed by atoms with Gasteiger partial charge in [0.2, 0.25) is 11.8 Å². The molecule has 1 aromatic heterocycles. The third-order valence-electron chi connectivity index (χ3n) is 3.66. The molecule has 0 bridgehead atoms. The van der Waals surface area contributed by atoms with Crippen LogP contribution in [-0.2, 0) is 9.59 Å². The van der Waals surface area contributed by atoms with Crippen LogP contribution in [0, 0.1) is 11.8 Å². The summed E-state index contributed by atoms with van der Waals surface area (Å²) in [6, 6.07) is -0.464. The van der Waals surface area contributed by atoms with Crippen molar-refractivity contribution in [1.29, 1.82) is 0 Å². The average Bonchev–Trinajstić information content (AvgIpc) is 2.99. The second-order valence-electron chi connectivity index (χ2n) is 4.65. The molecule has 94 valence electrons. The number of allylic oxidation sites excluding steroid dienone is 2. The van der Waals surface area contributed by atoms with E-state index in [1.807, 2.05) is 12.2 Å². The first kappa shape index (κ1) is 11.1. The molecule has 0 aromatic carbocycles. The van der Waals surface area contributed by atoms with Crippen molar-refractivity contribution in [2.45, 2.75) is 25.8 Å². The van der Waals surface area contributed by atoms with E-state index in [9.17, 15) is 9.59 Å². The Hall–Kier alpha value is -2.05. The summed E-state index contributed by atoms with van der Waals surface area (Å²) in [5, 5.41) is 13.5. The number of H-pyrrole nitrogens is 1. The number of nitrogens with zero attached hydrogens (tertiary/aromatic N) is 4. The standard InChI is InChI=1S/C11H13N5O2/c1-6(9-12-14-15-13-9)16-10(17)7-4-2-3-5-8(7)11(16)18/h2-3,6-8H,4-5H2,1H3,(H,12,13,14,15)/t6?,7-,8+. The van der Waals surface area contributed by atoms with Crippen molar-refractivity contribution in [2.75, 3.05) is 0 Å². The fourth-order valence-electron chi connectivity index (χ4n) is 2.67. The number of likely N-dealkylation sites (tertiary alicyclic amines) is 1. The first-order valence-corrected chi connectivity index (χ1v) is 5.95. The van der Waals surface area contributed by atoms with Crippen LogP contribution in [0.15, 0.2) is 12.2 Å². The van der Waals surface area contributed by atoms with Crippen LogP contribution in [0.2, 0.25) is 0 Å². The topological polar surface area (TPSA) is 91.8 Å². The number of amides is 2. The molecule has 1 N–H and O–H groups in total. The number of nitrogens with one attached hydrogen (secondary N) is 1. The Morgan fingerprint density at radius 2 is 1.89 bits per heavy atom. The Morgan fingerprint density at radius 1 is 1.28 bits per heavy atom. The van der Waals surface area contributed by atoms with Crippen LogP contribution in [0.1, 0.15) is 31.6 Å². The molecule has 2 aliphatic rings. The van der Waals surface area contributed by atoms with E-state index in [1.165, 1.54) is 4.90 Å². The van der Waals surface area contributed by atoms with Crippen LogP contribution >= 0.6 is 0 Å². The smallest absolute Gasteiger partial charge is 0.234 e. The van der Waals surface area contributed by atoms with Crippen LogP contribution < -0.4 is 0 Å². The third-order valence-corrected chi connectivity index (χ3v) is 3.66. The van der Waals surface area contributed by atoms with Gasteiger partial charge < -0.3 is 0 Å². The molecule has 1 fully saturated rings. The minimum Gasteiger partial charge on any atom is -0.274 e. The second-order valence-corrected chi connectivity index (χ2v) is 4.65. The number of imide groups is 1. The Bertz CT molecular complexity index is 484. The van der Waals surface area contributed by atoms with Crippen molar-refractivity contribution in [3.05, 3.63) is 18.0 Å². The van der Waals surface area contributed by atoms with Crippen LogP contribution in [0.25, 0.3) is 0 Å². The maximum atomic E-state index is 12.3. The predicted molar refractivity (Wildman–Crippen MR) is 59.8 cm³/mol. The monoisotopic (exact) mass is 247 g/mol. The zero-order valence-corrected chi connectivity index (χ0v) is 9.91. The van der Waals surface area contributed by atoms with E-state index in [-0.39, 0.29) is 23.7 Å². The van der Waals surface area contributed by atoms with Gasteiger partial charge in [0.1, 0.15) is 6.04 Å². The summed E-state index contributed by atoms with van der Waals surface area (Å²) in [4.78, 5) is 25.8. The van der Waals surface area contributed by atoms with E-state index >= 15 is 0 Å². The molecule has 2 amide bonds. The molecule has 2 heterocycles. The van der Waals surface area contributed by atoms with Gasteiger partial charge in [0.25, 0.3) is 0 Å². The lowest BCUT2D eigenvalue weighted by atomic mass is 9.85. The molecule has 1 aliphatic heterocycles. The van der Waals surface area contributed by atoms with Crippen molar-refractivity contribution in [3.8, 4) is 0 Å². The minimum atomic E-state index is -0.464. The van der Waals surface area contributed by atoms with Crippen molar-refractivity contribution in [2.24, 2.45) is 11.8 Å². The van der Waals surface area contributed by atoms with E-state index < -0.39 is 6.04 Å². The molecular weight excluding hydrogens is 234 g/mol. The molecule has 3 rings (SSSR count). The lowest BCUT2D eigenvalue weighted by Gasteiger charge is -2.19. The molecule has 1 aromatic rings. The summed E-state index contributed by atoms with van der Waals surface area (Å²) in [7, 11) is 0. The van der Waals surface area contributed by atoms with Gasteiger partial charge in [-0.25, -0.2) is 0 Å². The summed E-state index contributed by atoms with van der Waals surface area (Å²) in [5.41, 5.74) is 0. The zero-order valence-electron chi connectivity index (χ0n) is 9.91. The van der Waals surface area contributed by atoms with Gasteiger partial charge in [-0.2, -0.15) is 5.21 Å². The highest BCUT2D eigenvalue weighted by Crippen LogP contribution is 2.38. The number of carbonyl (C=O) groups excluding carboxylic acids is 2. The van der Waals surface area contributed by atoms with Crippen LogP contribution in [0.4, 0.5) is 0 Å². The summed E-state index contributed by atoms with van der Waals surface area (Å²) in [5.74, 6) is -0.296. The van der Waals surface area contributed by atoms with Gasteiger partial charge in [0.05, 0.1) is 11.8 Å². The van der Waals surface area contributed by atoms with Gasteiger partial charge in [0, 0.05) is 0 Å². The average molecular weight is 247 g/mol. The van der Waals surface area contributed by atoms with Gasteiger partial charge in [-0.1, -0.05) is 17.4 Å². The number of carbonyl (C=O) groups is 2. The highest BCUT2D eigenvalue weighted by atomic mass is 16.2. The molecule has 7 nitrogen and oxygen atoms in total. The largest absolute Gasteiger partial charge is 0.274 e. The molecule has 1 unspecified atom stereocenters. The number of fused-ring (bicyclic) bond motifs is 1. The van der Waals surface area contributed by atoms with Gasteiger partial charge in [-0.15, -0.1) is 10.2 Å². The Morgan fingerprint density at radius 3 is 2.39 bits per heavy atom. The number of hydrogen-bond donors (Lipinski definition) is 1. The number of aromatic amines is 1. The Kier molecular flexibility index (Phi) is 2.46. The molecule has 0 spiro atoms. The van der Waals surface area contributed by atoms with E-state index in [0.29, 0.717) is 18.7 Å². The van der Waals surface area contributed by atoms with Gasteiger partial charge in [-0.05, 0) is 19.8 Å². The predicted octanol–water partition coefficient (Wildman–Crippen LogP) is 0.212. The third kappa shape index (κ3) is 1.47. The molecule has 0 radical (unpaired) electrons. The van der Waals surface area contributed by atoms with Crippen LogP contribution in [-0.4, -0.2) is 37.3 Å². The van der Waals surface area contributed by atoms with Gasteiger partial charge in [0.15, 0.2) is 5.82 Å². The fraction of sp³-hybridized carbons (Fsp3) is 0.545.